The second-order valence-corrected chi connectivity index (χ2v) is 4.78. The summed E-state index contributed by atoms with van der Waals surface area (Å²) in [5, 5.41) is 8.67. The number of carbonyl (C=O) groups is 3. The number of carboxylic acid groups (broad SMARTS) is 1. The van der Waals surface area contributed by atoms with E-state index < -0.39 is 11.9 Å². The Kier molecular flexibility index (Phi) is 5.85. The monoisotopic (exact) mass is 244 g/mol. The molecule has 0 heterocycles. The third kappa shape index (κ3) is 5.47. The Morgan fingerprint density at radius 1 is 1.41 bits per heavy atom. The average Bonchev–Trinajstić information content (AvgIpc) is 2.22. The summed E-state index contributed by atoms with van der Waals surface area (Å²) in [6.07, 6.45) is 1.54. The van der Waals surface area contributed by atoms with E-state index in [1.54, 1.807) is 0 Å². The van der Waals surface area contributed by atoms with E-state index in [2.05, 4.69) is 4.74 Å². The first kappa shape index (κ1) is 15.6. The van der Waals surface area contributed by atoms with Gasteiger partial charge in [0.25, 0.3) is 0 Å². The summed E-state index contributed by atoms with van der Waals surface area (Å²) in [5.74, 6) is -1.43. The van der Waals surface area contributed by atoms with Crippen LogP contribution in [0.5, 0.6) is 0 Å². The van der Waals surface area contributed by atoms with Gasteiger partial charge in [-0.3, -0.25) is 14.4 Å². The third-order valence-corrected chi connectivity index (χ3v) is 2.94. The zero-order chi connectivity index (χ0) is 13.6. The lowest BCUT2D eigenvalue weighted by molar-refractivity contribution is -0.148. The molecule has 0 aromatic heterocycles. The van der Waals surface area contributed by atoms with E-state index in [0.717, 1.165) is 0 Å². The highest BCUT2D eigenvalue weighted by atomic mass is 16.5. The average molecular weight is 244 g/mol. The minimum atomic E-state index is -0.834. The van der Waals surface area contributed by atoms with Gasteiger partial charge in [0.05, 0.1) is 13.0 Å². The fourth-order valence-electron chi connectivity index (χ4n) is 1.49. The molecule has 1 N–H and O–H groups in total. The molecule has 1 rings (SSSR count). The van der Waals surface area contributed by atoms with Crippen molar-refractivity contribution >= 4 is 17.7 Å². The summed E-state index contributed by atoms with van der Waals surface area (Å²) < 4.78 is 4.11. The van der Waals surface area contributed by atoms with Crippen LogP contribution in [-0.4, -0.2) is 29.9 Å². The van der Waals surface area contributed by atoms with Gasteiger partial charge in [0.2, 0.25) is 0 Å². The highest BCUT2D eigenvalue weighted by Crippen LogP contribution is 2.35. The van der Waals surface area contributed by atoms with E-state index in [1.807, 2.05) is 13.8 Å². The number of methoxy groups -OCH3 is 1. The maximum Gasteiger partial charge on any atom is 0.306 e. The Hall–Kier alpha value is -1.39. The molecule has 0 bridgehead atoms. The zero-order valence-electron chi connectivity index (χ0n) is 10.8. The molecule has 1 atom stereocenters. The van der Waals surface area contributed by atoms with Crippen LogP contribution in [0.15, 0.2) is 0 Å². The largest absolute Gasteiger partial charge is 0.481 e. The van der Waals surface area contributed by atoms with Crippen LogP contribution in [0.4, 0.5) is 0 Å². The normalized spacial score (nSPS) is 22.1. The molecule has 1 aliphatic rings. The summed E-state index contributed by atoms with van der Waals surface area (Å²) in [4.78, 5) is 31.5. The van der Waals surface area contributed by atoms with E-state index in [4.69, 9.17) is 5.11 Å². The van der Waals surface area contributed by atoms with Crippen molar-refractivity contribution in [1.29, 1.82) is 0 Å². The topological polar surface area (TPSA) is 80.7 Å². The predicted molar refractivity (Wildman–Crippen MR) is 61.5 cm³/mol. The fourth-order valence-corrected chi connectivity index (χ4v) is 1.49. The van der Waals surface area contributed by atoms with Crippen molar-refractivity contribution < 1.29 is 24.2 Å². The first-order valence-electron chi connectivity index (χ1n) is 5.51. The lowest BCUT2D eigenvalue weighted by Gasteiger charge is -2.30. The Bertz CT molecular complexity index is 306. The molecule has 1 unspecified atom stereocenters. The number of hydrogen-bond acceptors (Lipinski definition) is 4. The number of rotatable bonds is 1. The smallest absolute Gasteiger partial charge is 0.306 e. The Labute approximate surface area is 101 Å². The Morgan fingerprint density at radius 3 is 2.18 bits per heavy atom. The molecule has 0 aliphatic heterocycles. The van der Waals surface area contributed by atoms with E-state index in [-0.39, 0.29) is 23.6 Å². The number of ether oxygens (including phenoxy) is 1. The quantitative estimate of drug-likeness (QED) is 0.709. The molecule has 17 heavy (non-hydrogen) atoms. The molecule has 5 heteroatoms. The Morgan fingerprint density at radius 2 is 1.88 bits per heavy atom. The van der Waals surface area contributed by atoms with E-state index in [1.165, 1.54) is 14.0 Å². The van der Waals surface area contributed by atoms with Crippen LogP contribution >= 0.6 is 0 Å². The van der Waals surface area contributed by atoms with Crippen LogP contribution in [0.2, 0.25) is 0 Å². The van der Waals surface area contributed by atoms with Gasteiger partial charge in [-0.25, -0.2) is 0 Å². The van der Waals surface area contributed by atoms with Crippen LogP contribution in [0.3, 0.4) is 0 Å². The van der Waals surface area contributed by atoms with Gasteiger partial charge in [0, 0.05) is 18.8 Å². The van der Waals surface area contributed by atoms with Gasteiger partial charge >= 0.3 is 11.9 Å². The lowest BCUT2D eigenvalue weighted by atomic mass is 9.72. The summed E-state index contributed by atoms with van der Waals surface area (Å²) in [7, 11) is 1.35. The number of carboxylic acids is 1. The maximum atomic E-state index is 11.4. The van der Waals surface area contributed by atoms with Gasteiger partial charge in [-0.2, -0.15) is 0 Å². The van der Waals surface area contributed by atoms with Crippen LogP contribution in [0, 0.1) is 11.3 Å². The summed E-state index contributed by atoms with van der Waals surface area (Å²) in [5.41, 5.74) is -0.300. The van der Waals surface area contributed by atoms with Gasteiger partial charge in [-0.15, -0.1) is 0 Å². The molecule has 98 valence electrons. The van der Waals surface area contributed by atoms with E-state index >= 15 is 0 Å². The number of ketones is 1. The van der Waals surface area contributed by atoms with Crippen molar-refractivity contribution in [2.24, 2.45) is 11.3 Å². The van der Waals surface area contributed by atoms with Gasteiger partial charge in [-0.05, 0) is 12.8 Å². The van der Waals surface area contributed by atoms with Crippen molar-refractivity contribution in [3.63, 3.8) is 0 Å². The van der Waals surface area contributed by atoms with Crippen molar-refractivity contribution in [2.75, 3.05) is 7.11 Å². The van der Waals surface area contributed by atoms with Gasteiger partial charge in [0.1, 0.15) is 5.78 Å². The molecule has 0 saturated heterocycles. The summed E-state index contributed by atoms with van der Waals surface area (Å²) in [6, 6.07) is 0. The number of hydrogen-bond donors (Lipinski definition) is 1. The minimum absolute atomic E-state index is 0.0844. The minimum Gasteiger partial charge on any atom is -0.481 e. The second-order valence-electron chi connectivity index (χ2n) is 4.78. The molecule has 0 amide bonds. The second kappa shape index (κ2) is 6.37. The van der Waals surface area contributed by atoms with E-state index in [0.29, 0.717) is 12.8 Å². The van der Waals surface area contributed by atoms with Crippen molar-refractivity contribution in [3.05, 3.63) is 0 Å². The van der Waals surface area contributed by atoms with Crippen LogP contribution in [0.25, 0.3) is 0 Å². The molecular weight excluding hydrogens is 224 g/mol. The van der Waals surface area contributed by atoms with Gasteiger partial charge < -0.3 is 9.84 Å². The standard InChI is InChI=1S/C9H14O3.C3H6O2/c1-9(2)4-3-6(8(11)12)5-7(9)10;1-3(4)5-2/h6H,3-5H2,1-2H3,(H,11,12);1-2H3. The van der Waals surface area contributed by atoms with Crippen LogP contribution in [-0.2, 0) is 19.1 Å². The number of Topliss-reactive ketones (excluding diaryl/α,β-unsaturated/α-hetero) is 1. The van der Waals surface area contributed by atoms with Crippen LogP contribution in [0.1, 0.15) is 40.0 Å². The summed E-state index contributed by atoms with van der Waals surface area (Å²) in [6.45, 7) is 5.13. The van der Waals surface area contributed by atoms with Gasteiger partial charge in [-0.1, -0.05) is 13.8 Å². The number of esters is 1. The third-order valence-electron chi connectivity index (χ3n) is 2.94. The first-order chi connectivity index (χ1) is 7.70. The Balaban J connectivity index is 0.000000437. The number of aliphatic carboxylic acids is 1. The first-order valence-corrected chi connectivity index (χ1v) is 5.51. The SMILES string of the molecule is CC1(C)CCC(C(=O)O)CC1=O.COC(C)=O. The molecule has 1 saturated carbocycles. The molecule has 1 aliphatic carbocycles. The zero-order valence-corrected chi connectivity index (χ0v) is 10.8. The van der Waals surface area contributed by atoms with Crippen LogP contribution < -0.4 is 0 Å². The van der Waals surface area contributed by atoms with E-state index in [9.17, 15) is 14.4 Å². The molecular formula is C12H20O5. The van der Waals surface area contributed by atoms with Crippen molar-refractivity contribution in [2.45, 2.75) is 40.0 Å². The fraction of sp³-hybridized carbons (Fsp3) is 0.750. The van der Waals surface area contributed by atoms with Crippen molar-refractivity contribution in [1.82, 2.24) is 0 Å². The molecule has 1 fully saturated rings. The number of carbonyl (C=O) groups excluding carboxylic acids is 2. The molecule has 0 aromatic rings. The lowest BCUT2D eigenvalue weighted by Crippen LogP contribution is -2.34. The predicted octanol–water partition coefficient (Wildman–Crippen LogP) is 1.65. The summed E-state index contributed by atoms with van der Waals surface area (Å²) >= 11 is 0. The molecule has 0 radical (unpaired) electrons. The highest BCUT2D eigenvalue weighted by Gasteiger charge is 2.37. The maximum absolute atomic E-state index is 11.4. The molecule has 5 nitrogen and oxygen atoms in total. The molecule has 0 aromatic carbocycles. The highest BCUT2D eigenvalue weighted by molar-refractivity contribution is 5.89. The van der Waals surface area contributed by atoms with Gasteiger partial charge in [0.15, 0.2) is 0 Å². The molecule has 0 spiro atoms. The van der Waals surface area contributed by atoms with Crippen molar-refractivity contribution in [3.8, 4) is 0 Å².